The van der Waals surface area contributed by atoms with Crippen molar-refractivity contribution in [2.24, 2.45) is 14.1 Å². The van der Waals surface area contributed by atoms with Crippen LogP contribution in [0, 0.1) is 5.82 Å². The van der Waals surface area contributed by atoms with Gasteiger partial charge in [-0.1, -0.05) is 30.3 Å². The van der Waals surface area contributed by atoms with Gasteiger partial charge in [-0.05, 0) is 30.7 Å². The van der Waals surface area contributed by atoms with Crippen LogP contribution in [-0.4, -0.2) is 14.9 Å². The third-order valence-corrected chi connectivity index (χ3v) is 4.90. The van der Waals surface area contributed by atoms with Crippen LogP contribution in [0.5, 0.6) is 0 Å². The Bertz CT molecular complexity index is 1250. The maximum Gasteiger partial charge on any atom is 0.260 e. The van der Waals surface area contributed by atoms with E-state index in [0.29, 0.717) is 22.3 Å². The summed E-state index contributed by atoms with van der Waals surface area (Å²) in [5, 5.41) is 1.66. The summed E-state index contributed by atoms with van der Waals surface area (Å²) in [6.45, 7) is 1.46. The third kappa shape index (κ3) is 2.13. The van der Waals surface area contributed by atoms with E-state index in [1.807, 2.05) is 35.9 Å². The second-order valence-corrected chi connectivity index (χ2v) is 6.45. The van der Waals surface area contributed by atoms with Crippen molar-refractivity contribution in [2.75, 3.05) is 0 Å². The number of Topliss-reactive ketones (excluding diaryl/α,β-unsaturated/α-hetero) is 1. The molecule has 0 aliphatic heterocycles. The molecule has 0 fully saturated rings. The molecule has 5 heteroatoms. The third-order valence-electron chi connectivity index (χ3n) is 4.90. The van der Waals surface area contributed by atoms with E-state index in [1.54, 1.807) is 11.6 Å². The number of benzene rings is 2. The highest BCUT2D eigenvalue weighted by atomic mass is 19.1. The summed E-state index contributed by atoms with van der Waals surface area (Å²) in [6, 6.07) is 13.4. The number of carbonyl (C=O) groups excluding carboxylic acids is 1. The smallest absolute Gasteiger partial charge is 0.260 e. The predicted octanol–water partition coefficient (Wildman–Crippen LogP) is 4.04. The van der Waals surface area contributed by atoms with Crippen LogP contribution in [0.25, 0.3) is 33.1 Å². The molecule has 4 nitrogen and oxygen atoms in total. The molecule has 0 aliphatic rings. The van der Waals surface area contributed by atoms with E-state index in [9.17, 15) is 14.0 Å². The first kappa shape index (κ1) is 16.3. The zero-order chi connectivity index (χ0) is 18.6. The highest BCUT2D eigenvalue weighted by Gasteiger charge is 2.24. The molecule has 0 aliphatic carbocycles. The molecule has 0 atom stereocenters. The Balaban J connectivity index is 2.30. The lowest BCUT2D eigenvalue weighted by Crippen LogP contribution is -2.23. The highest BCUT2D eigenvalue weighted by molar-refractivity contribution is 6.20. The van der Waals surface area contributed by atoms with Gasteiger partial charge in [-0.25, -0.2) is 4.39 Å². The average Bonchev–Trinajstić information content (AvgIpc) is 2.92. The molecule has 0 amide bonds. The number of ketones is 1. The summed E-state index contributed by atoms with van der Waals surface area (Å²) >= 11 is 0. The van der Waals surface area contributed by atoms with Gasteiger partial charge in [0.25, 0.3) is 5.56 Å². The van der Waals surface area contributed by atoms with Crippen molar-refractivity contribution in [3.8, 4) is 11.1 Å². The number of aromatic nitrogens is 2. The van der Waals surface area contributed by atoms with Crippen molar-refractivity contribution in [3.05, 3.63) is 70.3 Å². The fourth-order valence-corrected chi connectivity index (χ4v) is 3.75. The van der Waals surface area contributed by atoms with E-state index in [-0.39, 0.29) is 17.2 Å². The van der Waals surface area contributed by atoms with Crippen LogP contribution in [0.2, 0.25) is 0 Å². The Morgan fingerprint density at radius 1 is 0.962 bits per heavy atom. The number of pyridine rings is 1. The van der Waals surface area contributed by atoms with Gasteiger partial charge < -0.3 is 4.57 Å². The van der Waals surface area contributed by atoms with Crippen LogP contribution in [0.1, 0.15) is 17.3 Å². The van der Waals surface area contributed by atoms with E-state index in [2.05, 4.69) is 0 Å². The van der Waals surface area contributed by atoms with Crippen LogP contribution >= 0.6 is 0 Å². The molecule has 130 valence electrons. The molecule has 2 heterocycles. The Morgan fingerprint density at radius 3 is 2.27 bits per heavy atom. The lowest BCUT2D eigenvalue weighted by molar-refractivity contribution is 0.101. The summed E-state index contributed by atoms with van der Waals surface area (Å²) in [6.07, 6.45) is 0. The minimum absolute atomic E-state index is 0.191. The van der Waals surface area contributed by atoms with Gasteiger partial charge in [-0.3, -0.25) is 14.2 Å². The maximum atomic E-state index is 13.4. The standard InChI is InChI=1S/C21H17FN2O2/c1-12(25)17-18(13-8-10-14(22)11-9-13)21(26)24(3)20-19(17)15-6-4-5-7-16(15)23(20)2/h4-11H,1-3H3. The number of aryl methyl sites for hydroxylation is 2. The molecule has 2 aromatic heterocycles. The number of rotatable bonds is 2. The van der Waals surface area contributed by atoms with Crippen molar-refractivity contribution in [2.45, 2.75) is 6.92 Å². The number of halogens is 1. The fraction of sp³-hybridized carbons (Fsp3) is 0.143. The van der Waals surface area contributed by atoms with Crippen LogP contribution < -0.4 is 5.56 Å². The molecule has 0 saturated heterocycles. The molecule has 0 radical (unpaired) electrons. The number of carbonyl (C=O) groups is 1. The van der Waals surface area contributed by atoms with Crippen molar-refractivity contribution < 1.29 is 9.18 Å². The number of nitrogens with zero attached hydrogens (tertiary/aromatic N) is 2. The molecule has 2 aromatic carbocycles. The van der Waals surface area contributed by atoms with Gasteiger partial charge >= 0.3 is 0 Å². The predicted molar refractivity (Wildman–Crippen MR) is 101 cm³/mol. The molecule has 26 heavy (non-hydrogen) atoms. The zero-order valence-electron chi connectivity index (χ0n) is 14.7. The molecule has 0 N–H and O–H groups in total. The Hall–Kier alpha value is -3.21. The normalized spacial score (nSPS) is 11.4. The first-order chi connectivity index (χ1) is 12.4. The van der Waals surface area contributed by atoms with Gasteiger partial charge in [0.05, 0.1) is 11.1 Å². The average molecular weight is 348 g/mol. The van der Waals surface area contributed by atoms with E-state index in [4.69, 9.17) is 0 Å². The Kier molecular flexibility index (Phi) is 3.54. The van der Waals surface area contributed by atoms with Gasteiger partial charge in [0.2, 0.25) is 0 Å². The summed E-state index contributed by atoms with van der Waals surface area (Å²) in [4.78, 5) is 25.7. The molecular formula is C21H17FN2O2. The lowest BCUT2D eigenvalue weighted by Gasteiger charge is -2.13. The molecule has 0 saturated carbocycles. The molecule has 4 rings (SSSR count). The van der Waals surface area contributed by atoms with Crippen LogP contribution in [0.3, 0.4) is 0 Å². The first-order valence-electron chi connectivity index (χ1n) is 8.28. The SMILES string of the molecule is CC(=O)c1c(-c2ccc(F)cc2)c(=O)n(C)c2c1c1ccccc1n2C. The maximum absolute atomic E-state index is 13.4. The summed E-state index contributed by atoms with van der Waals surface area (Å²) < 4.78 is 16.8. The van der Waals surface area contributed by atoms with Crippen molar-refractivity contribution in [1.82, 2.24) is 9.13 Å². The van der Waals surface area contributed by atoms with Crippen LogP contribution in [0.15, 0.2) is 53.3 Å². The number of fused-ring (bicyclic) bond motifs is 3. The zero-order valence-corrected chi connectivity index (χ0v) is 14.7. The first-order valence-corrected chi connectivity index (χ1v) is 8.28. The molecular weight excluding hydrogens is 331 g/mol. The summed E-state index contributed by atoms with van der Waals surface area (Å²) in [5.41, 5.74) is 2.58. The van der Waals surface area contributed by atoms with Gasteiger partial charge in [0.15, 0.2) is 5.78 Å². The minimum Gasteiger partial charge on any atom is -0.330 e. The van der Waals surface area contributed by atoms with Crippen molar-refractivity contribution in [3.63, 3.8) is 0 Å². The van der Waals surface area contributed by atoms with Gasteiger partial charge in [0, 0.05) is 30.4 Å². The van der Waals surface area contributed by atoms with E-state index >= 15 is 0 Å². The Morgan fingerprint density at radius 2 is 1.62 bits per heavy atom. The van der Waals surface area contributed by atoms with Crippen molar-refractivity contribution >= 4 is 27.7 Å². The fourth-order valence-electron chi connectivity index (χ4n) is 3.75. The summed E-state index contributed by atoms with van der Waals surface area (Å²) in [7, 11) is 3.58. The monoisotopic (exact) mass is 348 g/mol. The largest absolute Gasteiger partial charge is 0.330 e. The molecule has 0 spiro atoms. The van der Waals surface area contributed by atoms with Crippen LogP contribution in [-0.2, 0) is 14.1 Å². The second kappa shape index (κ2) is 5.66. The quantitative estimate of drug-likeness (QED) is 0.513. The van der Waals surface area contributed by atoms with E-state index < -0.39 is 0 Å². The second-order valence-electron chi connectivity index (χ2n) is 6.45. The van der Waals surface area contributed by atoms with Crippen LogP contribution in [0.4, 0.5) is 4.39 Å². The highest BCUT2D eigenvalue weighted by Crippen LogP contribution is 2.34. The number of hydrogen-bond donors (Lipinski definition) is 0. The van der Waals surface area contributed by atoms with Crippen molar-refractivity contribution in [1.29, 1.82) is 0 Å². The summed E-state index contributed by atoms with van der Waals surface area (Å²) in [5.74, 6) is -0.579. The molecule has 0 bridgehead atoms. The number of para-hydroxylation sites is 1. The lowest BCUT2D eigenvalue weighted by atomic mass is 9.95. The van der Waals surface area contributed by atoms with Gasteiger partial charge in [0.1, 0.15) is 11.5 Å². The van der Waals surface area contributed by atoms with Gasteiger partial charge in [-0.2, -0.15) is 0 Å². The van der Waals surface area contributed by atoms with Gasteiger partial charge in [-0.15, -0.1) is 0 Å². The number of hydrogen-bond acceptors (Lipinski definition) is 2. The molecule has 0 unspecified atom stereocenters. The molecule has 4 aromatic rings. The van der Waals surface area contributed by atoms with E-state index in [1.165, 1.54) is 31.2 Å². The topological polar surface area (TPSA) is 44.0 Å². The minimum atomic E-state index is -0.388. The Labute approximate surface area is 149 Å². The van der Waals surface area contributed by atoms with E-state index in [0.717, 1.165) is 16.3 Å².